The number of alkyl carbamates (subject to hydrolysis) is 1. The molecule has 2 aromatic carbocycles. The lowest BCUT2D eigenvalue weighted by Crippen LogP contribution is -2.35. The highest BCUT2D eigenvalue weighted by molar-refractivity contribution is 5.79. The lowest BCUT2D eigenvalue weighted by molar-refractivity contribution is -0.137. The number of hydrogen-bond donors (Lipinski definition) is 3. The molecule has 3 atom stereocenters. The Balaban J connectivity index is 1.20. The van der Waals surface area contributed by atoms with Crippen molar-refractivity contribution in [2.75, 3.05) is 6.61 Å². The van der Waals surface area contributed by atoms with Crippen LogP contribution in [0.15, 0.2) is 48.5 Å². The molecular formula is C28H34N2O5. The monoisotopic (exact) mass is 478 g/mol. The number of aliphatic carboxylic acids is 1. The van der Waals surface area contributed by atoms with E-state index >= 15 is 0 Å². The number of benzene rings is 2. The van der Waals surface area contributed by atoms with Gasteiger partial charge in [-0.2, -0.15) is 0 Å². The van der Waals surface area contributed by atoms with E-state index in [0.29, 0.717) is 19.3 Å². The third kappa shape index (κ3) is 6.41. The van der Waals surface area contributed by atoms with Gasteiger partial charge < -0.3 is 20.5 Å². The Morgan fingerprint density at radius 1 is 1.03 bits per heavy atom. The van der Waals surface area contributed by atoms with E-state index in [1.807, 2.05) is 31.2 Å². The maximum absolute atomic E-state index is 12.5. The number of fused-ring (bicyclic) bond motifs is 3. The fourth-order valence-corrected chi connectivity index (χ4v) is 5.43. The quantitative estimate of drug-likeness (QED) is 0.453. The Kier molecular flexibility index (Phi) is 8.06. The van der Waals surface area contributed by atoms with E-state index < -0.39 is 12.1 Å². The van der Waals surface area contributed by atoms with Crippen molar-refractivity contribution in [2.24, 2.45) is 5.92 Å². The molecule has 2 amide bonds. The van der Waals surface area contributed by atoms with Crippen LogP contribution in [0, 0.1) is 5.92 Å². The second kappa shape index (κ2) is 11.4. The molecule has 35 heavy (non-hydrogen) atoms. The van der Waals surface area contributed by atoms with Crippen molar-refractivity contribution in [1.29, 1.82) is 0 Å². The molecule has 0 heterocycles. The molecule has 2 aliphatic rings. The van der Waals surface area contributed by atoms with Gasteiger partial charge in [0.15, 0.2) is 0 Å². The first kappa shape index (κ1) is 24.8. The van der Waals surface area contributed by atoms with Crippen LogP contribution in [-0.4, -0.2) is 41.8 Å². The first-order valence-electron chi connectivity index (χ1n) is 12.5. The summed E-state index contributed by atoms with van der Waals surface area (Å²) >= 11 is 0. The summed E-state index contributed by atoms with van der Waals surface area (Å²) in [6.07, 6.45) is 3.80. The minimum atomic E-state index is -0.815. The zero-order chi connectivity index (χ0) is 24.8. The topological polar surface area (TPSA) is 105 Å². The second-order valence-corrected chi connectivity index (χ2v) is 9.80. The molecule has 4 rings (SSSR count). The SMILES string of the molecule is CC(CCCC(=O)O)NC(=O)CC1CCC(NC(=O)OCC2c3ccccc3-c3ccccc32)C1. The summed E-state index contributed by atoms with van der Waals surface area (Å²) in [5.41, 5.74) is 4.77. The van der Waals surface area contributed by atoms with E-state index in [0.717, 1.165) is 19.3 Å². The third-order valence-electron chi connectivity index (χ3n) is 7.12. The first-order valence-corrected chi connectivity index (χ1v) is 12.5. The average Bonchev–Trinajstić information content (AvgIpc) is 3.39. The smallest absolute Gasteiger partial charge is 0.407 e. The zero-order valence-electron chi connectivity index (χ0n) is 20.2. The van der Waals surface area contributed by atoms with Gasteiger partial charge in [-0.1, -0.05) is 48.5 Å². The summed E-state index contributed by atoms with van der Waals surface area (Å²) in [6, 6.07) is 16.5. The summed E-state index contributed by atoms with van der Waals surface area (Å²) < 4.78 is 5.65. The highest BCUT2D eigenvalue weighted by atomic mass is 16.5. The van der Waals surface area contributed by atoms with Crippen LogP contribution < -0.4 is 10.6 Å². The van der Waals surface area contributed by atoms with Crippen molar-refractivity contribution in [3.05, 3.63) is 59.7 Å². The number of rotatable bonds is 10. The zero-order valence-corrected chi connectivity index (χ0v) is 20.2. The van der Waals surface area contributed by atoms with Crippen LogP contribution in [0.25, 0.3) is 11.1 Å². The highest BCUT2D eigenvalue weighted by Gasteiger charge is 2.31. The van der Waals surface area contributed by atoms with Crippen molar-refractivity contribution in [3.8, 4) is 11.1 Å². The Hall–Kier alpha value is -3.35. The molecule has 1 fully saturated rings. The summed E-state index contributed by atoms with van der Waals surface area (Å²) in [6.45, 7) is 2.19. The van der Waals surface area contributed by atoms with E-state index in [2.05, 4.69) is 34.9 Å². The van der Waals surface area contributed by atoms with Gasteiger partial charge in [0.1, 0.15) is 6.61 Å². The van der Waals surface area contributed by atoms with Crippen LogP contribution in [0.4, 0.5) is 4.79 Å². The van der Waals surface area contributed by atoms with Gasteiger partial charge in [0, 0.05) is 30.8 Å². The maximum atomic E-state index is 12.5. The molecule has 7 nitrogen and oxygen atoms in total. The maximum Gasteiger partial charge on any atom is 0.407 e. The van der Waals surface area contributed by atoms with Gasteiger partial charge in [0.05, 0.1) is 0 Å². The lowest BCUT2D eigenvalue weighted by atomic mass is 9.98. The Bertz CT molecular complexity index is 1020. The fraction of sp³-hybridized carbons (Fsp3) is 0.464. The normalized spacial score (nSPS) is 19.5. The summed E-state index contributed by atoms with van der Waals surface area (Å²) in [5.74, 6) is -0.574. The first-order chi connectivity index (χ1) is 16.9. The average molecular weight is 479 g/mol. The Morgan fingerprint density at radius 2 is 1.69 bits per heavy atom. The second-order valence-electron chi connectivity index (χ2n) is 9.80. The molecule has 0 radical (unpaired) electrons. The van der Waals surface area contributed by atoms with Crippen molar-refractivity contribution in [3.63, 3.8) is 0 Å². The van der Waals surface area contributed by atoms with Crippen LogP contribution in [0.5, 0.6) is 0 Å². The fourth-order valence-electron chi connectivity index (χ4n) is 5.43. The van der Waals surface area contributed by atoms with Crippen molar-refractivity contribution in [2.45, 2.75) is 69.9 Å². The molecule has 3 N–H and O–H groups in total. The van der Waals surface area contributed by atoms with Gasteiger partial charge >= 0.3 is 12.1 Å². The Labute approximate surface area is 206 Å². The van der Waals surface area contributed by atoms with Gasteiger partial charge in [-0.3, -0.25) is 9.59 Å². The lowest BCUT2D eigenvalue weighted by Gasteiger charge is -2.17. The largest absolute Gasteiger partial charge is 0.481 e. The molecule has 2 aromatic rings. The molecule has 3 unspecified atom stereocenters. The summed E-state index contributed by atoms with van der Waals surface area (Å²) in [5, 5.41) is 14.7. The molecule has 0 aliphatic heterocycles. The molecule has 0 saturated heterocycles. The van der Waals surface area contributed by atoms with Gasteiger partial charge in [-0.25, -0.2) is 4.79 Å². The molecular weight excluding hydrogens is 444 g/mol. The van der Waals surface area contributed by atoms with Crippen molar-refractivity contribution < 1.29 is 24.2 Å². The molecule has 7 heteroatoms. The van der Waals surface area contributed by atoms with Crippen molar-refractivity contribution >= 4 is 18.0 Å². The molecule has 0 bridgehead atoms. The predicted molar refractivity (Wildman–Crippen MR) is 133 cm³/mol. The number of carboxylic acid groups (broad SMARTS) is 1. The van der Waals surface area contributed by atoms with Gasteiger partial charge in [-0.15, -0.1) is 0 Å². The molecule has 0 spiro atoms. The standard InChI is InChI=1S/C28H34N2O5/c1-18(7-6-12-27(32)33)29-26(31)16-19-13-14-20(15-19)30-28(34)35-17-25-23-10-4-2-8-21(23)22-9-3-5-11-24(22)25/h2-5,8-11,18-20,25H,6-7,12-17H2,1H3,(H,29,31)(H,30,34)(H,32,33). The van der Waals surface area contributed by atoms with Crippen LogP contribution in [0.1, 0.15) is 68.9 Å². The minimum absolute atomic E-state index is 0.0106. The number of nitrogens with one attached hydrogen (secondary N) is 2. The summed E-state index contributed by atoms with van der Waals surface area (Å²) in [7, 11) is 0. The third-order valence-corrected chi connectivity index (χ3v) is 7.12. The molecule has 2 aliphatic carbocycles. The van der Waals surface area contributed by atoms with E-state index in [-0.39, 0.29) is 42.9 Å². The van der Waals surface area contributed by atoms with Gasteiger partial charge in [0.25, 0.3) is 0 Å². The predicted octanol–water partition coefficient (Wildman–Crippen LogP) is 4.84. The highest BCUT2D eigenvalue weighted by Crippen LogP contribution is 2.44. The van der Waals surface area contributed by atoms with E-state index in [1.54, 1.807) is 0 Å². The number of carbonyl (C=O) groups excluding carboxylic acids is 2. The van der Waals surface area contributed by atoms with Crippen LogP contribution in [-0.2, 0) is 14.3 Å². The van der Waals surface area contributed by atoms with Gasteiger partial charge in [0.2, 0.25) is 5.91 Å². The minimum Gasteiger partial charge on any atom is -0.481 e. The van der Waals surface area contributed by atoms with Crippen molar-refractivity contribution in [1.82, 2.24) is 10.6 Å². The van der Waals surface area contributed by atoms with Crippen LogP contribution in [0.3, 0.4) is 0 Å². The number of amides is 2. The van der Waals surface area contributed by atoms with Crippen LogP contribution >= 0.6 is 0 Å². The molecule has 0 aromatic heterocycles. The Morgan fingerprint density at radius 3 is 2.34 bits per heavy atom. The van der Waals surface area contributed by atoms with Gasteiger partial charge in [-0.05, 0) is 67.2 Å². The van der Waals surface area contributed by atoms with E-state index in [9.17, 15) is 14.4 Å². The number of ether oxygens (including phenoxy) is 1. The van der Waals surface area contributed by atoms with E-state index in [1.165, 1.54) is 22.3 Å². The summed E-state index contributed by atoms with van der Waals surface area (Å²) in [4.78, 5) is 35.5. The molecule has 186 valence electrons. The number of hydrogen-bond acceptors (Lipinski definition) is 4. The molecule has 1 saturated carbocycles. The van der Waals surface area contributed by atoms with Crippen LogP contribution in [0.2, 0.25) is 0 Å². The number of carboxylic acids is 1. The number of carbonyl (C=O) groups is 3. The van der Waals surface area contributed by atoms with E-state index in [4.69, 9.17) is 9.84 Å².